The molecular formula is C18H25FN2O2. The first-order valence-electron chi connectivity index (χ1n) is 8.62. The van der Waals surface area contributed by atoms with Crippen LogP contribution < -0.4 is 5.32 Å². The van der Waals surface area contributed by atoms with Crippen LogP contribution in [0.25, 0.3) is 0 Å². The summed E-state index contributed by atoms with van der Waals surface area (Å²) >= 11 is 0. The molecule has 0 spiro atoms. The zero-order valence-corrected chi connectivity index (χ0v) is 13.4. The summed E-state index contributed by atoms with van der Waals surface area (Å²) in [5.74, 6) is 0.143. The number of urea groups is 1. The van der Waals surface area contributed by atoms with Gasteiger partial charge in [-0.25, -0.2) is 9.18 Å². The van der Waals surface area contributed by atoms with Gasteiger partial charge >= 0.3 is 6.03 Å². The number of benzene rings is 1. The highest BCUT2D eigenvalue weighted by molar-refractivity contribution is 5.75. The number of aliphatic hydroxyl groups excluding tert-OH is 1. The first-order chi connectivity index (χ1) is 11.2. The molecule has 2 N–H and O–H groups in total. The van der Waals surface area contributed by atoms with Crippen molar-refractivity contribution in [3.63, 3.8) is 0 Å². The molecule has 4 nitrogen and oxygen atoms in total. The smallest absolute Gasteiger partial charge is 0.318 e. The lowest BCUT2D eigenvalue weighted by atomic mass is 9.91. The molecule has 5 heteroatoms. The van der Waals surface area contributed by atoms with Gasteiger partial charge in [0.1, 0.15) is 5.82 Å². The first kappa shape index (κ1) is 16.2. The zero-order valence-electron chi connectivity index (χ0n) is 13.4. The lowest BCUT2D eigenvalue weighted by molar-refractivity contribution is 0.151. The average molecular weight is 320 g/mol. The highest BCUT2D eigenvalue weighted by Gasteiger charge is 2.32. The molecule has 2 amide bonds. The topological polar surface area (TPSA) is 52.6 Å². The first-order valence-corrected chi connectivity index (χ1v) is 8.62. The lowest BCUT2D eigenvalue weighted by Gasteiger charge is -2.30. The van der Waals surface area contributed by atoms with E-state index in [9.17, 15) is 14.3 Å². The fourth-order valence-electron chi connectivity index (χ4n) is 3.94. The fourth-order valence-corrected chi connectivity index (χ4v) is 3.94. The summed E-state index contributed by atoms with van der Waals surface area (Å²) in [6, 6.07) is 6.19. The number of nitrogens with one attached hydrogen (secondary N) is 1. The van der Waals surface area contributed by atoms with Crippen molar-refractivity contribution in [2.24, 2.45) is 5.92 Å². The van der Waals surface area contributed by atoms with Crippen molar-refractivity contribution in [3.05, 3.63) is 35.6 Å². The Labute approximate surface area is 136 Å². The van der Waals surface area contributed by atoms with Gasteiger partial charge in [-0.3, -0.25) is 0 Å². The molecule has 1 aromatic rings. The van der Waals surface area contributed by atoms with Gasteiger partial charge in [0.25, 0.3) is 0 Å². The fraction of sp³-hybridized carbons (Fsp3) is 0.611. The van der Waals surface area contributed by atoms with E-state index in [2.05, 4.69) is 5.32 Å². The van der Waals surface area contributed by atoms with Gasteiger partial charge in [0.05, 0.1) is 18.7 Å². The van der Waals surface area contributed by atoms with Crippen molar-refractivity contribution in [2.45, 2.75) is 50.6 Å². The van der Waals surface area contributed by atoms with E-state index in [1.165, 1.54) is 25.0 Å². The van der Waals surface area contributed by atoms with Crippen molar-refractivity contribution in [1.82, 2.24) is 10.2 Å². The van der Waals surface area contributed by atoms with Gasteiger partial charge in [-0.05, 0) is 49.3 Å². The molecular weight excluding hydrogens is 295 g/mol. The number of halogens is 1. The lowest BCUT2D eigenvalue weighted by Crippen LogP contribution is -2.46. The second-order valence-electron chi connectivity index (χ2n) is 6.70. The van der Waals surface area contributed by atoms with Crippen molar-refractivity contribution in [3.8, 4) is 0 Å². The van der Waals surface area contributed by atoms with Crippen LogP contribution in [0.4, 0.5) is 9.18 Å². The van der Waals surface area contributed by atoms with Gasteiger partial charge in [-0.2, -0.15) is 0 Å². The summed E-state index contributed by atoms with van der Waals surface area (Å²) in [6.07, 6.45) is 6.33. The molecule has 1 aliphatic carbocycles. The third-order valence-corrected chi connectivity index (χ3v) is 5.23. The Bertz CT molecular complexity index is 528. The van der Waals surface area contributed by atoms with E-state index in [1.807, 2.05) is 0 Å². The SMILES string of the molecule is O=C(NC(c1ccc(F)cc1)C1CCCC1)N1CCCC1CO. The van der Waals surface area contributed by atoms with Gasteiger partial charge < -0.3 is 15.3 Å². The monoisotopic (exact) mass is 320 g/mol. The second-order valence-corrected chi connectivity index (χ2v) is 6.70. The van der Waals surface area contributed by atoms with Crippen LogP contribution in [0.1, 0.15) is 50.1 Å². The summed E-state index contributed by atoms with van der Waals surface area (Å²) < 4.78 is 13.2. The van der Waals surface area contributed by atoms with Crippen LogP contribution in [0.15, 0.2) is 24.3 Å². The van der Waals surface area contributed by atoms with Crippen LogP contribution in [0.5, 0.6) is 0 Å². The number of hydrogen-bond acceptors (Lipinski definition) is 2. The molecule has 23 heavy (non-hydrogen) atoms. The highest BCUT2D eigenvalue weighted by Crippen LogP contribution is 2.36. The van der Waals surface area contributed by atoms with Crippen LogP contribution >= 0.6 is 0 Å². The van der Waals surface area contributed by atoms with E-state index < -0.39 is 0 Å². The van der Waals surface area contributed by atoms with Crippen LogP contribution in [-0.2, 0) is 0 Å². The zero-order chi connectivity index (χ0) is 16.2. The van der Waals surface area contributed by atoms with Crippen LogP contribution in [0.3, 0.4) is 0 Å². The van der Waals surface area contributed by atoms with Gasteiger partial charge in [0.15, 0.2) is 0 Å². The van der Waals surface area contributed by atoms with Crippen LogP contribution in [0, 0.1) is 11.7 Å². The quantitative estimate of drug-likeness (QED) is 0.895. The number of nitrogens with zero attached hydrogens (tertiary/aromatic N) is 1. The molecule has 1 aromatic carbocycles. The molecule has 1 saturated heterocycles. The number of amides is 2. The molecule has 2 atom stereocenters. The largest absolute Gasteiger partial charge is 0.394 e. The third-order valence-electron chi connectivity index (χ3n) is 5.23. The standard InChI is InChI=1S/C18H25FN2O2/c19-15-9-7-14(8-10-15)17(13-4-1-2-5-13)20-18(23)21-11-3-6-16(21)12-22/h7-10,13,16-17,22H,1-6,11-12H2,(H,20,23). The van der Waals surface area contributed by atoms with E-state index in [0.717, 1.165) is 31.2 Å². The van der Waals surface area contributed by atoms with Crippen molar-refractivity contribution in [2.75, 3.05) is 13.2 Å². The maximum absolute atomic E-state index is 13.2. The summed E-state index contributed by atoms with van der Waals surface area (Å²) in [5.41, 5.74) is 0.964. The second kappa shape index (κ2) is 7.30. The maximum atomic E-state index is 13.2. The predicted molar refractivity (Wildman–Crippen MR) is 86.4 cm³/mol. The average Bonchev–Trinajstić information content (AvgIpc) is 3.24. The molecule has 126 valence electrons. The normalized spacial score (nSPS) is 23.2. The van der Waals surface area contributed by atoms with Gasteiger partial charge in [-0.1, -0.05) is 25.0 Å². The Balaban J connectivity index is 1.75. The minimum Gasteiger partial charge on any atom is -0.394 e. The van der Waals surface area contributed by atoms with Crippen molar-refractivity contribution in [1.29, 1.82) is 0 Å². The summed E-state index contributed by atoms with van der Waals surface area (Å²) in [4.78, 5) is 14.4. The Kier molecular flexibility index (Phi) is 5.16. The number of aliphatic hydroxyl groups is 1. The molecule has 1 aliphatic heterocycles. The summed E-state index contributed by atoms with van der Waals surface area (Å²) in [6.45, 7) is 0.704. The minimum absolute atomic E-state index is 0.0120. The Hall–Kier alpha value is -1.62. The Morgan fingerprint density at radius 1 is 1.22 bits per heavy atom. The van der Waals surface area contributed by atoms with Gasteiger partial charge in [-0.15, -0.1) is 0 Å². The molecule has 0 bridgehead atoms. The van der Waals surface area contributed by atoms with Crippen LogP contribution in [0.2, 0.25) is 0 Å². The summed E-state index contributed by atoms with van der Waals surface area (Å²) in [5, 5.41) is 12.6. The molecule has 0 aromatic heterocycles. The molecule has 2 fully saturated rings. The minimum atomic E-state index is -0.259. The van der Waals surface area contributed by atoms with E-state index in [0.29, 0.717) is 12.5 Å². The number of rotatable bonds is 4. The van der Waals surface area contributed by atoms with Crippen molar-refractivity contribution < 1.29 is 14.3 Å². The number of hydrogen-bond donors (Lipinski definition) is 2. The maximum Gasteiger partial charge on any atom is 0.318 e. The van der Waals surface area contributed by atoms with E-state index in [4.69, 9.17) is 0 Å². The number of carbonyl (C=O) groups is 1. The highest BCUT2D eigenvalue weighted by atomic mass is 19.1. The Morgan fingerprint density at radius 2 is 1.91 bits per heavy atom. The van der Waals surface area contributed by atoms with Crippen LogP contribution in [-0.4, -0.2) is 35.2 Å². The predicted octanol–water partition coefficient (Wildman–Crippen LogP) is 3.22. The molecule has 2 unspecified atom stereocenters. The third kappa shape index (κ3) is 3.66. The molecule has 2 aliphatic rings. The van der Waals surface area contributed by atoms with E-state index >= 15 is 0 Å². The Morgan fingerprint density at radius 3 is 2.57 bits per heavy atom. The van der Waals surface area contributed by atoms with E-state index in [-0.39, 0.29) is 30.5 Å². The molecule has 1 heterocycles. The molecule has 0 radical (unpaired) electrons. The number of likely N-dealkylation sites (tertiary alicyclic amines) is 1. The van der Waals surface area contributed by atoms with E-state index in [1.54, 1.807) is 17.0 Å². The van der Waals surface area contributed by atoms with Gasteiger partial charge in [0, 0.05) is 6.54 Å². The van der Waals surface area contributed by atoms with Crippen molar-refractivity contribution >= 4 is 6.03 Å². The molecule has 3 rings (SSSR count). The summed E-state index contributed by atoms with van der Waals surface area (Å²) in [7, 11) is 0. The van der Waals surface area contributed by atoms with Gasteiger partial charge in [0.2, 0.25) is 0 Å². The number of carbonyl (C=O) groups excluding carboxylic acids is 1. The molecule has 1 saturated carbocycles.